The zero-order valence-corrected chi connectivity index (χ0v) is 17.3. The van der Waals surface area contributed by atoms with Crippen molar-refractivity contribution in [3.63, 3.8) is 0 Å². The first kappa shape index (κ1) is 19.7. The van der Waals surface area contributed by atoms with Crippen LogP contribution in [0.5, 0.6) is 5.75 Å². The van der Waals surface area contributed by atoms with Crippen LogP contribution in [0.1, 0.15) is 30.6 Å². The molecule has 154 valence electrons. The molecular formula is C23H24N4O3. The van der Waals surface area contributed by atoms with Crippen LogP contribution in [-0.4, -0.2) is 34.2 Å². The number of benzene rings is 2. The summed E-state index contributed by atoms with van der Waals surface area (Å²) in [4.78, 5) is 22.4. The van der Waals surface area contributed by atoms with Gasteiger partial charge in [0.1, 0.15) is 22.6 Å². The van der Waals surface area contributed by atoms with E-state index in [0.717, 1.165) is 23.4 Å². The lowest BCUT2D eigenvalue weighted by Gasteiger charge is -2.10. The van der Waals surface area contributed by atoms with Gasteiger partial charge in [-0.1, -0.05) is 32.4 Å². The molecule has 7 nitrogen and oxygen atoms in total. The number of hydrogen-bond acceptors (Lipinski definition) is 6. The number of para-hydroxylation sites is 2. The monoisotopic (exact) mass is 404 g/mol. The highest BCUT2D eigenvalue weighted by atomic mass is 16.5. The maximum atomic E-state index is 13.0. The summed E-state index contributed by atoms with van der Waals surface area (Å²) in [6.07, 6.45) is 0.917. The van der Waals surface area contributed by atoms with Crippen LogP contribution in [0.15, 0.2) is 48.5 Å². The fraction of sp³-hybridized carbons (Fsp3) is 0.261. The zero-order chi connectivity index (χ0) is 21.3. The molecule has 0 saturated heterocycles. The maximum absolute atomic E-state index is 13.0. The molecule has 1 atom stereocenters. The molecule has 0 saturated carbocycles. The van der Waals surface area contributed by atoms with E-state index in [1.807, 2.05) is 55.5 Å². The lowest BCUT2D eigenvalue weighted by atomic mass is 10.1. The Morgan fingerprint density at radius 3 is 2.40 bits per heavy atom. The van der Waals surface area contributed by atoms with Gasteiger partial charge in [-0.15, -0.1) is 0 Å². The molecule has 30 heavy (non-hydrogen) atoms. The number of fused-ring (bicyclic) bond motifs is 2. The molecule has 0 aliphatic carbocycles. The minimum absolute atomic E-state index is 0.238. The molecule has 0 bridgehead atoms. The van der Waals surface area contributed by atoms with Crippen LogP contribution in [0.25, 0.3) is 27.9 Å². The van der Waals surface area contributed by atoms with E-state index in [0.29, 0.717) is 23.3 Å². The van der Waals surface area contributed by atoms with Crippen LogP contribution in [0.3, 0.4) is 0 Å². The highest BCUT2D eigenvalue weighted by Crippen LogP contribution is 2.32. The number of rotatable bonds is 6. The van der Waals surface area contributed by atoms with Gasteiger partial charge >= 0.3 is 5.97 Å². The summed E-state index contributed by atoms with van der Waals surface area (Å²) < 4.78 is 12.5. The quantitative estimate of drug-likeness (QED) is 0.480. The number of ether oxygens (including phenoxy) is 2. The Morgan fingerprint density at radius 2 is 1.77 bits per heavy atom. The first-order valence-electron chi connectivity index (χ1n) is 9.91. The number of esters is 1. The van der Waals surface area contributed by atoms with Gasteiger partial charge in [0.2, 0.25) is 0 Å². The van der Waals surface area contributed by atoms with Gasteiger partial charge in [-0.3, -0.25) is 4.57 Å². The Labute approximate surface area is 174 Å². The molecule has 0 spiro atoms. The summed E-state index contributed by atoms with van der Waals surface area (Å²) in [7, 11) is 1.61. The number of carbonyl (C=O) groups excluding carboxylic acids is 1. The third kappa shape index (κ3) is 3.43. The van der Waals surface area contributed by atoms with Crippen LogP contribution in [0.4, 0.5) is 5.82 Å². The van der Waals surface area contributed by atoms with Crippen LogP contribution in [0, 0.1) is 5.92 Å². The minimum Gasteiger partial charge on any atom is -0.497 e. The van der Waals surface area contributed by atoms with E-state index < -0.39 is 5.97 Å². The van der Waals surface area contributed by atoms with Crippen molar-refractivity contribution in [3.05, 3.63) is 54.1 Å². The van der Waals surface area contributed by atoms with E-state index in [-0.39, 0.29) is 17.3 Å². The molecule has 2 aromatic heterocycles. The Morgan fingerprint density at radius 1 is 1.10 bits per heavy atom. The third-order valence-electron chi connectivity index (χ3n) is 5.23. The Balaban J connectivity index is 1.92. The molecule has 0 fully saturated rings. The molecule has 4 aromatic rings. The summed E-state index contributed by atoms with van der Waals surface area (Å²) in [5.74, 6) is 0.741. The van der Waals surface area contributed by atoms with Crippen LogP contribution < -0.4 is 10.5 Å². The molecule has 0 radical (unpaired) electrons. The van der Waals surface area contributed by atoms with E-state index >= 15 is 0 Å². The molecular weight excluding hydrogens is 380 g/mol. The number of nitrogens with zero attached hydrogens (tertiary/aromatic N) is 3. The fourth-order valence-corrected chi connectivity index (χ4v) is 3.26. The number of nitrogen functional groups attached to an aromatic ring is 1. The average molecular weight is 404 g/mol. The molecule has 1 unspecified atom stereocenters. The van der Waals surface area contributed by atoms with Gasteiger partial charge < -0.3 is 15.2 Å². The molecule has 4 rings (SSSR count). The predicted molar refractivity (Wildman–Crippen MR) is 117 cm³/mol. The lowest BCUT2D eigenvalue weighted by Crippen LogP contribution is -2.13. The fourth-order valence-electron chi connectivity index (χ4n) is 3.26. The van der Waals surface area contributed by atoms with Gasteiger partial charge in [0.15, 0.2) is 5.65 Å². The van der Waals surface area contributed by atoms with E-state index in [1.165, 1.54) is 0 Å². The lowest BCUT2D eigenvalue weighted by molar-refractivity contribution is 0.0450. The first-order valence-corrected chi connectivity index (χ1v) is 9.91. The van der Waals surface area contributed by atoms with Crippen molar-refractivity contribution >= 4 is 34.0 Å². The topological polar surface area (TPSA) is 92.3 Å². The van der Waals surface area contributed by atoms with Crippen LogP contribution in [-0.2, 0) is 4.74 Å². The third-order valence-corrected chi connectivity index (χ3v) is 5.23. The summed E-state index contributed by atoms with van der Waals surface area (Å²) in [6.45, 7) is 4.41. The van der Waals surface area contributed by atoms with Crippen molar-refractivity contribution in [3.8, 4) is 11.4 Å². The number of aromatic nitrogens is 3. The highest BCUT2D eigenvalue weighted by molar-refractivity contribution is 6.09. The van der Waals surface area contributed by atoms with Gasteiger partial charge in [0.05, 0.1) is 24.8 Å². The Bertz CT molecular complexity index is 1210. The molecule has 0 amide bonds. The molecule has 2 aromatic carbocycles. The number of anilines is 1. The molecule has 2 heterocycles. The summed E-state index contributed by atoms with van der Waals surface area (Å²) in [6, 6.07) is 14.9. The highest BCUT2D eigenvalue weighted by Gasteiger charge is 2.26. The van der Waals surface area contributed by atoms with Crippen molar-refractivity contribution in [2.24, 2.45) is 5.92 Å². The number of carbonyl (C=O) groups is 1. The maximum Gasteiger partial charge on any atom is 0.344 e. The molecule has 7 heteroatoms. The predicted octanol–water partition coefficient (Wildman–Crippen LogP) is 4.37. The standard InChI is InChI=1S/C23H24N4O3/c1-4-14(2)13-30-23(28)19-20-22(26-18-8-6-5-7-17(18)25-20)27(21(19)24)15-9-11-16(29-3)12-10-15/h5-12,14H,4,13,24H2,1-3H3. The van der Waals surface area contributed by atoms with Crippen LogP contribution >= 0.6 is 0 Å². The Kier molecular flexibility index (Phi) is 5.27. The smallest absolute Gasteiger partial charge is 0.344 e. The summed E-state index contributed by atoms with van der Waals surface area (Å²) in [5, 5.41) is 0. The average Bonchev–Trinajstić information content (AvgIpc) is 3.06. The first-order chi connectivity index (χ1) is 14.5. The SMILES string of the molecule is CCC(C)COC(=O)c1c(N)n(-c2ccc(OC)cc2)c2nc3ccccc3nc12. The molecule has 0 aliphatic heterocycles. The van der Waals surface area contributed by atoms with Crippen molar-refractivity contribution < 1.29 is 14.3 Å². The normalized spacial score (nSPS) is 12.2. The van der Waals surface area contributed by atoms with Crippen molar-refractivity contribution in [2.75, 3.05) is 19.5 Å². The second-order valence-corrected chi connectivity index (χ2v) is 7.29. The van der Waals surface area contributed by atoms with Crippen molar-refractivity contribution in [2.45, 2.75) is 20.3 Å². The van der Waals surface area contributed by atoms with E-state index in [9.17, 15) is 4.79 Å². The van der Waals surface area contributed by atoms with E-state index in [4.69, 9.17) is 25.2 Å². The summed E-state index contributed by atoms with van der Waals surface area (Å²) >= 11 is 0. The van der Waals surface area contributed by atoms with E-state index in [1.54, 1.807) is 11.7 Å². The Hall–Kier alpha value is -3.61. The van der Waals surface area contributed by atoms with Gasteiger partial charge in [-0.2, -0.15) is 0 Å². The van der Waals surface area contributed by atoms with E-state index in [2.05, 4.69) is 6.92 Å². The minimum atomic E-state index is -0.491. The second-order valence-electron chi connectivity index (χ2n) is 7.29. The van der Waals surface area contributed by atoms with Crippen molar-refractivity contribution in [1.29, 1.82) is 0 Å². The van der Waals surface area contributed by atoms with Gasteiger partial charge in [0.25, 0.3) is 0 Å². The number of methoxy groups -OCH3 is 1. The number of hydrogen-bond donors (Lipinski definition) is 1. The van der Waals surface area contributed by atoms with Crippen LogP contribution in [0.2, 0.25) is 0 Å². The summed E-state index contributed by atoms with van der Waals surface area (Å²) in [5.41, 5.74) is 9.80. The van der Waals surface area contributed by atoms with Gasteiger partial charge in [-0.25, -0.2) is 14.8 Å². The number of nitrogens with two attached hydrogens (primary N) is 1. The molecule has 0 aliphatic rings. The van der Waals surface area contributed by atoms with Crippen molar-refractivity contribution in [1.82, 2.24) is 14.5 Å². The second kappa shape index (κ2) is 8.02. The van der Waals surface area contributed by atoms with Gasteiger partial charge in [-0.05, 0) is 42.3 Å². The van der Waals surface area contributed by atoms with Gasteiger partial charge in [0, 0.05) is 5.69 Å². The molecule has 2 N–H and O–H groups in total. The zero-order valence-electron chi connectivity index (χ0n) is 17.3. The largest absolute Gasteiger partial charge is 0.497 e.